The zero-order valence-corrected chi connectivity index (χ0v) is 13.7. The number of amides is 1. The molecule has 2 rings (SSSR count). The molecule has 0 radical (unpaired) electrons. The number of anilines is 1. The van der Waals surface area contributed by atoms with E-state index in [0.29, 0.717) is 18.0 Å². The standard InChI is InChI=1S/C18H19F2NO4/c1-2-23-14-7-9-15(10-8-14)24-12-11-17(22)21-13-3-5-16(6-4-13)25-18(19)20/h3-10,18H,2,11-12H2,1H3,(H,21,22). The quantitative estimate of drug-likeness (QED) is 0.739. The molecule has 0 aliphatic rings. The van der Waals surface area contributed by atoms with Crippen molar-refractivity contribution in [3.05, 3.63) is 48.5 Å². The van der Waals surface area contributed by atoms with Crippen molar-refractivity contribution in [1.29, 1.82) is 0 Å². The minimum absolute atomic E-state index is 0.0341. The van der Waals surface area contributed by atoms with Crippen LogP contribution in [0.3, 0.4) is 0 Å². The lowest BCUT2D eigenvalue weighted by atomic mass is 10.3. The van der Waals surface area contributed by atoms with E-state index in [4.69, 9.17) is 9.47 Å². The number of nitrogens with one attached hydrogen (secondary N) is 1. The fraction of sp³-hybridized carbons (Fsp3) is 0.278. The van der Waals surface area contributed by atoms with Crippen LogP contribution in [0.1, 0.15) is 13.3 Å². The third-order valence-corrected chi connectivity index (χ3v) is 3.10. The summed E-state index contributed by atoms with van der Waals surface area (Å²) < 4.78 is 39.2. The summed E-state index contributed by atoms with van der Waals surface area (Å²) in [6, 6.07) is 12.8. The van der Waals surface area contributed by atoms with Crippen LogP contribution in [0.4, 0.5) is 14.5 Å². The Bertz CT molecular complexity index is 660. The number of hydrogen-bond donors (Lipinski definition) is 1. The summed E-state index contributed by atoms with van der Waals surface area (Å²) in [6.45, 7) is -0.162. The molecule has 0 atom stereocenters. The van der Waals surface area contributed by atoms with Gasteiger partial charge in [-0.1, -0.05) is 0 Å². The molecule has 0 spiro atoms. The van der Waals surface area contributed by atoms with Gasteiger partial charge in [-0.05, 0) is 55.5 Å². The van der Waals surface area contributed by atoms with Crippen LogP contribution >= 0.6 is 0 Å². The maximum atomic E-state index is 12.1. The highest BCUT2D eigenvalue weighted by Crippen LogP contribution is 2.19. The van der Waals surface area contributed by atoms with Crippen molar-refractivity contribution in [2.45, 2.75) is 20.0 Å². The van der Waals surface area contributed by atoms with E-state index in [-0.39, 0.29) is 24.7 Å². The van der Waals surface area contributed by atoms with Gasteiger partial charge >= 0.3 is 6.61 Å². The van der Waals surface area contributed by atoms with Crippen molar-refractivity contribution < 1.29 is 27.8 Å². The Morgan fingerprint density at radius 2 is 1.52 bits per heavy atom. The molecule has 0 saturated heterocycles. The van der Waals surface area contributed by atoms with Gasteiger partial charge in [-0.2, -0.15) is 8.78 Å². The van der Waals surface area contributed by atoms with E-state index in [9.17, 15) is 13.6 Å². The van der Waals surface area contributed by atoms with E-state index in [2.05, 4.69) is 10.1 Å². The first kappa shape index (κ1) is 18.5. The molecule has 0 aliphatic heterocycles. The summed E-state index contributed by atoms with van der Waals surface area (Å²) in [5, 5.41) is 2.65. The second-order valence-corrected chi connectivity index (χ2v) is 4.95. The maximum Gasteiger partial charge on any atom is 0.387 e. The SMILES string of the molecule is CCOc1ccc(OCCC(=O)Nc2ccc(OC(F)F)cc2)cc1. The summed E-state index contributed by atoms with van der Waals surface area (Å²) in [7, 11) is 0. The van der Waals surface area contributed by atoms with Gasteiger partial charge < -0.3 is 19.5 Å². The van der Waals surface area contributed by atoms with Gasteiger partial charge in [-0.15, -0.1) is 0 Å². The van der Waals surface area contributed by atoms with Crippen molar-refractivity contribution >= 4 is 11.6 Å². The highest BCUT2D eigenvalue weighted by atomic mass is 19.3. The second-order valence-electron chi connectivity index (χ2n) is 4.95. The fourth-order valence-electron chi connectivity index (χ4n) is 2.00. The molecule has 1 amide bonds. The number of halogens is 2. The van der Waals surface area contributed by atoms with E-state index < -0.39 is 6.61 Å². The van der Waals surface area contributed by atoms with E-state index in [1.54, 1.807) is 24.3 Å². The predicted molar refractivity (Wildman–Crippen MR) is 89.4 cm³/mol. The normalized spacial score (nSPS) is 10.4. The summed E-state index contributed by atoms with van der Waals surface area (Å²) in [6.07, 6.45) is 0.155. The van der Waals surface area contributed by atoms with Crippen LogP contribution < -0.4 is 19.5 Å². The average molecular weight is 351 g/mol. The van der Waals surface area contributed by atoms with Crippen molar-refractivity contribution in [1.82, 2.24) is 0 Å². The van der Waals surface area contributed by atoms with Gasteiger partial charge in [0, 0.05) is 5.69 Å². The smallest absolute Gasteiger partial charge is 0.387 e. The number of carbonyl (C=O) groups excluding carboxylic acids is 1. The van der Waals surface area contributed by atoms with Gasteiger partial charge in [-0.25, -0.2) is 0 Å². The first-order valence-corrected chi connectivity index (χ1v) is 7.77. The molecular weight excluding hydrogens is 332 g/mol. The first-order chi connectivity index (χ1) is 12.1. The van der Waals surface area contributed by atoms with Gasteiger partial charge in [0.1, 0.15) is 17.2 Å². The maximum absolute atomic E-state index is 12.1. The fourth-order valence-corrected chi connectivity index (χ4v) is 2.00. The van der Waals surface area contributed by atoms with Crippen LogP contribution in [-0.2, 0) is 4.79 Å². The van der Waals surface area contributed by atoms with Crippen LogP contribution in [0.5, 0.6) is 17.2 Å². The predicted octanol–water partition coefficient (Wildman–Crippen LogP) is 4.09. The lowest BCUT2D eigenvalue weighted by Gasteiger charge is -2.09. The molecule has 0 unspecified atom stereocenters. The molecule has 7 heteroatoms. The van der Waals surface area contributed by atoms with Gasteiger partial charge in [0.25, 0.3) is 0 Å². The number of carbonyl (C=O) groups is 1. The summed E-state index contributed by atoms with van der Waals surface area (Å²) in [5.41, 5.74) is 0.493. The molecule has 0 heterocycles. The van der Waals surface area contributed by atoms with E-state index in [0.717, 1.165) is 5.75 Å². The number of hydrogen-bond acceptors (Lipinski definition) is 4. The number of ether oxygens (including phenoxy) is 3. The van der Waals surface area contributed by atoms with Gasteiger partial charge in [-0.3, -0.25) is 4.79 Å². The molecule has 0 fully saturated rings. The molecule has 0 saturated carbocycles. The summed E-state index contributed by atoms with van der Waals surface area (Å²) in [5.74, 6) is 1.19. The van der Waals surface area contributed by atoms with Crippen LogP contribution in [-0.4, -0.2) is 25.7 Å². The molecule has 1 N–H and O–H groups in total. The van der Waals surface area contributed by atoms with Crippen molar-refractivity contribution in [3.63, 3.8) is 0 Å². The Balaban J connectivity index is 1.73. The zero-order chi connectivity index (χ0) is 18.1. The lowest BCUT2D eigenvalue weighted by molar-refractivity contribution is -0.116. The molecular formula is C18H19F2NO4. The second kappa shape index (κ2) is 9.46. The van der Waals surface area contributed by atoms with Gasteiger partial charge in [0.05, 0.1) is 19.6 Å². The Kier molecular flexibility index (Phi) is 7.00. The first-order valence-electron chi connectivity index (χ1n) is 7.77. The van der Waals surface area contributed by atoms with Gasteiger partial charge in [0.2, 0.25) is 5.91 Å². The Morgan fingerprint density at radius 3 is 2.08 bits per heavy atom. The molecule has 0 aliphatic carbocycles. The highest BCUT2D eigenvalue weighted by Gasteiger charge is 2.06. The number of benzene rings is 2. The minimum Gasteiger partial charge on any atom is -0.494 e. The summed E-state index contributed by atoms with van der Waals surface area (Å²) in [4.78, 5) is 11.8. The molecule has 134 valence electrons. The largest absolute Gasteiger partial charge is 0.494 e. The molecule has 2 aromatic rings. The van der Waals surface area contributed by atoms with E-state index in [1.165, 1.54) is 24.3 Å². The van der Waals surface area contributed by atoms with Crippen LogP contribution in [0.15, 0.2) is 48.5 Å². The molecule has 2 aromatic carbocycles. The Morgan fingerprint density at radius 1 is 0.960 bits per heavy atom. The summed E-state index contributed by atoms with van der Waals surface area (Å²) >= 11 is 0. The van der Waals surface area contributed by atoms with Crippen LogP contribution in [0.25, 0.3) is 0 Å². The van der Waals surface area contributed by atoms with Crippen LogP contribution in [0.2, 0.25) is 0 Å². The van der Waals surface area contributed by atoms with Crippen molar-refractivity contribution in [2.24, 2.45) is 0 Å². The lowest BCUT2D eigenvalue weighted by Crippen LogP contribution is -2.15. The Hall–Kier alpha value is -2.83. The minimum atomic E-state index is -2.87. The topological polar surface area (TPSA) is 56.8 Å². The van der Waals surface area contributed by atoms with Gasteiger partial charge in [0.15, 0.2) is 0 Å². The zero-order valence-electron chi connectivity index (χ0n) is 13.7. The average Bonchev–Trinajstić information content (AvgIpc) is 2.58. The molecule has 0 bridgehead atoms. The third-order valence-electron chi connectivity index (χ3n) is 3.10. The van der Waals surface area contributed by atoms with Crippen molar-refractivity contribution in [2.75, 3.05) is 18.5 Å². The van der Waals surface area contributed by atoms with E-state index >= 15 is 0 Å². The molecule has 5 nitrogen and oxygen atoms in total. The molecule has 25 heavy (non-hydrogen) atoms. The molecule has 0 aromatic heterocycles. The third kappa shape index (κ3) is 6.66. The number of alkyl halides is 2. The Labute approximate surface area is 144 Å². The van der Waals surface area contributed by atoms with Crippen LogP contribution in [0, 0.1) is 0 Å². The highest BCUT2D eigenvalue weighted by molar-refractivity contribution is 5.90. The van der Waals surface area contributed by atoms with Crippen molar-refractivity contribution in [3.8, 4) is 17.2 Å². The van der Waals surface area contributed by atoms with E-state index in [1.807, 2.05) is 6.92 Å². The monoisotopic (exact) mass is 351 g/mol. The number of rotatable bonds is 9.